The molecule has 0 radical (unpaired) electrons. The van der Waals surface area contributed by atoms with E-state index in [-0.39, 0.29) is 25.7 Å². The van der Waals surface area contributed by atoms with Crippen LogP contribution in [0.25, 0.3) is 0 Å². The lowest BCUT2D eigenvalue weighted by atomic mass is 10.1. The minimum Gasteiger partial charge on any atom is -0.396 e. The molecule has 0 fully saturated rings. The third kappa shape index (κ3) is 8.28. The van der Waals surface area contributed by atoms with Gasteiger partial charge in [0.25, 0.3) is 0 Å². The summed E-state index contributed by atoms with van der Waals surface area (Å²) in [5.41, 5.74) is 0. The van der Waals surface area contributed by atoms with Crippen LogP contribution in [0, 0.1) is 5.92 Å². The van der Waals surface area contributed by atoms with E-state index in [9.17, 15) is 13.2 Å². The first kappa shape index (κ1) is 13.7. The molecule has 14 heavy (non-hydrogen) atoms. The lowest BCUT2D eigenvalue weighted by Gasteiger charge is -2.11. The monoisotopic (exact) mass is 216 g/mol. The molecule has 0 saturated heterocycles. The molecule has 0 aliphatic heterocycles. The fraction of sp³-hybridized carbons (Fsp3) is 1.00. The molecule has 0 aromatic rings. The summed E-state index contributed by atoms with van der Waals surface area (Å²) >= 11 is 0. The Bertz CT molecular complexity index is 134. The molecule has 0 atom stereocenters. The molecule has 0 unspecified atom stereocenters. The summed E-state index contributed by atoms with van der Waals surface area (Å²) in [6, 6.07) is 0. The molecular formula is C8H15F3O3. The van der Waals surface area contributed by atoms with Crippen molar-refractivity contribution in [3.8, 4) is 0 Å². The standard InChI is InChI=1S/C8H15F3O3/c9-8(10,11)6-14-3-1-2-7(4-12)5-13/h7,12-13H,1-6H2. The van der Waals surface area contributed by atoms with Crippen LogP contribution in [0.1, 0.15) is 12.8 Å². The van der Waals surface area contributed by atoms with Crippen molar-refractivity contribution >= 4 is 0 Å². The van der Waals surface area contributed by atoms with Gasteiger partial charge < -0.3 is 14.9 Å². The van der Waals surface area contributed by atoms with Crippen molar-refractivity contribution in [2.45, 2.75) is 19.0 Å². The quantitative estimate of drug-likeness (QED) is 0.623. The molecule has 0 aliphatic carbocycles. The first-order valence-corrected chi connectivity index (χ1v) is 4.36. The summed E-state index contributed by atoms with van der Waals surface area (Å²) in [5.74, 6) is -0.260. The number of rotatable bonds is 7. The Morgan fingerprint density at radius 1 is 1.14 bits per heavy atom. The molecule has 2 N–H and O–H groups in total. The highest BCUT2D eigenvalue weighted by molar-refractivity contribution is 4.55. The van der Waals surface area contributed by atoms with E-state index in [1.54, 1.807) is 0 Å². The maximum atomic E-state index is 11.6. The van der Waals surface area contributed by atoms with Crippen molar-refractivity contribution < 1.29 is 28.1 Å². The zero-order valence-electron chi connectivity index (χ0n) is 7.76. The molecular weight excluding hydrogens is 201 g/mol. The Labute approximate surface area is 80.5 Å². The van der Waals surface area contributed by atoms with Crippen LogP contribution in [0.4, 0.5) is 13.2 Å². The van der Waals surface area contributed by atoms with Gasteiger partial charge in [-0.2, -0.15) is 13.2 Å². The second-order valence-electron chi connectivity index (χ2n) is 3.04. The Morgan fingerprint density at radius 3 is 2.14 bits per heavy atom. The largest absolute Gasteiger partial charge is 0.411 e. The molecule has 0 amide bonds. The number of hydrogen-bond donors (Lipinski definition) is 2. The fourth-order valence-corrected chi connectivity index (χ4v) is 0.902. The highest BCUT2D eigenvalue weighted by Gasteiger charge is 2.27. The van der Waals surface area contributed by atoms with E-state index in [1.807, 2.05) is 0 Å². The van der Waals surface area contributed by atoms with Gasteiger partial charge in [0, 0.05) is 25.7 Å². The highest BCUT2D eigenvalue weighted by Crippen LogP contribution is 2.14. The number of halogens is 3. The molecule has 0 bridgehead atoms. The second kappa shape index (κ2) is 7.03. The van der Waals surface area contributed by atoms with E-state index >= 15 is 0 Å². The predicted octanol–water partition coefficient (Wildman–Crippen LogP) is 0.946. The van der Waals surface area contributed by atoms with Crippen LogP contribution in [0.3, 0.4) is 0 Å². The highest BCUT2D eigenvalue weighted by atomic mass is 19.4. The van der Waals surface area contributed by atoms with Gasteiger partial charge in [0.1, 0.15) is 6.61 Å². The van der Waals surface area contributed by atoms with E-state index in [0.717, 1.165) is 0 Å². The summed E-state index contributed by atoms with van der Waals surface area (Å²) in [6.07, 6.45) is -3.42. The van der Waals surface area contributed by atoms with E-state index in [0.29, 0.717) is 12.8 Å². The minimum absolute atomic E-state index is 0.00396. The van der Waals surface area contributed by atoms with Crippen LogP contribution in [-0.2, 0) is 4.74 Å². The van der Waals surface area contributed by atoms with Gasteiger partial charge in [-0.05, 0) is 12.8 Å². The number of hydrogen-bond acceptors (Lipinski definition) is 3. The third-order valence-electron chi connectivity index (χ3n) is 1.68. The third-order valence-corrected chi connectivity index (χ3v) is 1.68. The summed E-state index contributed by atoms with van der Waals surface area (Å²) in [4.78, 5) is 0. The summed E-state index contributed by atoms with van der Waals surface area (Å²) < 4.78 is 39.1. The summed E-state index contributed by atoms with van der Waals surface area (Å²) in [5, 5.41) is 17.3. The van der Waals surface area contributed by atoms with Crippen molar-refractivity contribution in [2.75, 3.05) is 26.4 Å². The van der Waals surface area contributed by atoms with Crippen LogP contribution in [0.5, 0.6) is 0 Å². The zero-order chi connectivity index (χ0) is 11.0. The topological polar surface area (TPSA) is 49.7 Å². The smallest absolute Gasteiger partial charge is 0.396 e. The molecule has 0 saturated carbocycles. The molecule has 0 aromatic carbocycles. The van der Waals surface area contributed by atoms with Gasteiger partial charge in [-0.3, -0.25) is 0 Å². The van der Waals surface area contributed by atoms with Crippen LogP contribution in [0.15, 0.2) is 0 Å². The number of aliphatic hydroxyl groups excluding tert-OH is 2. The van der Waals surface area contributed by atoms with Crippen LogP contribution in [-0.4, -0.2) is 42.8 Å². The Kier molecular flexibility index (Phi) is 6.86. The number of alkyl halides is 3. The molecule has 6 heteroatoms. The van der Waals surface area contributed by atoms with Crippen molar-refractivity contribution in [2.24, 2.45) is 5.92 Å². The number of aliphatic hydroxyl groups is 2. The lowest BCUT2D eigenvalue weighted by Crippen LogP contribution is -2.18. The van der Waals surface area contributed by atoms with Gasteiger partial charge in [-0.1, -0.05) is 0 Å². The maximum absolute atomic E-state index is 11.6. The average molecular weight is 216 g/mol. The predicted molar refractivity (Wildman–Crippen MR) is 43.8 cm³/mol. The molecule has 86 valence electrons. The van der Waals surface area contributed by atoms with Gasteiger partial charge in [-0.15, -0.1) is 0 Å². The first-order valence-electron chi connectivity index (χ1n) is 4.36. The van der Waals surface area contributed by atoms with Crippen molar-refractivity contribution in [3.63, 3.8) is 0 Å². The molecule has 3 nitrogen and oxygen atoms in total. The summed E-state index contributed by atoms with van der Waals surface area (Å²) in [7, 11) is 0. The molecule has 0 heterocycles. The molecule has 0 rings (SSSR count). The Hall–Kier alpha value is -0.330. The second-order valence-corrected chi connectivity index (χ2v) is 3.04. The van der Waals surface area contributed by atoms with Crippen molar-refractivity contribution in [3.05, 3.63) is 0 Å². The lowest BCUT2D eigenvalue weighted by molar-refractivity contribution is -0.174. The van der Waals surface area contributed by atoms with Gasteiger partial charge in [0.2, 0.25) is 0 Å². The van der Waals surface area contributed by atoms with Crippen molar-refractivity contribution in [1.82, 2.24) is 0 Å². The van der Waals surface area contributed by atoms with Crippen LogP contribution >= 0.6 is 0 Å². The van der Waals surface area contributed by atoms with Gasteiger partial charge >= 0.3 is 6.18 Å². The molecule has 0 aliphatic rings. The number of ether oxygens (including phenoxy) is 1. The van der Waals surface area contributed by atoms with Gasteiger partial charge in [0.05, 0.1) is 0 Å². The van der Waals surface area contributed by atoms with E-state index in [2.05, 4.69) is 4.74 Å². The van der Waals surface area contributed by atoms with E-state index < -0.39 is 12.8 Å². The van der Waals surface area contributed by atoms with Crippen LogP contribution < -0.4 is 0 Å². The van der Waals surface area contributed by atoms with Crippen molar-refractivity contribution in [1.29, 1.82) is 0 Å². The first-order chi connectivity index (χ1) is 6.49. The average Bonchev–Trinajstić information content (AvgIpc) is 2.09. The van der Waals surface area contributed by atoms with E-state index in [1.165, 1.54) is 0 Å². The Morgan fingerprint density at radius 2 is 1.71 bits per heavy atom. The maximum Gasteiger partial charge on any atom is 0.411 e. The van der Waals surface area contributed by atoms with Gasteiger partial charge in [-0.25, -0.2) is 0 Å². The Balaban J connectivity index is 3.29. The molecule has 0 spiro atoms. The van der Waals surface area contributed by atoms with Gasteiger partial charge in [0.15, 0.2) is 0 Å². The van der Waals surface area contributed by atoms with E-state index in [4.69, 9.17) is 10.2 Å². The minimum atomic E-state index is -4.28. The molecule has 0 aromatic heterocycles. The zero-order valence-corrected chi connectivity index (χ0v) is 7.76. The fourth-order valence-electron chi connectivity index (χ4n) is 0.902. The van der Waals surface area contributed by atoms with Crippen LogP contribution in [0.2, 0.25) is 0 Å². The SMILES string of the molecule is OCC(CO)CCCOCC(F)(F)F. The summed E-state index contributed by atoms with van der Waals surface area (Å²) in [6.45, 7) is -1.56. The normalized spacial score (nSPS) is 12.4.